The van der Waals surface area contributed by atoms with Crippen LogP contribution in [0.3, 0.4) is 0 Å². The number of aryl methyl sites for hydroxylation is 1. The molecule has 2 heterocycles. The quantitative estimate of drug-likeness (QED) is 0.382. The standard InChI is InChI=1S/C25H32ClN3O4S/c1-16-4-9-20-21(12-16)34-25-23(20)24(31)27-22(28-25)14-29(10-3-11-32-2)13-18(30)15-33-19-7-5-17(26)6-8-19/h5-8,16,18,30H,3-4,9-15H2,1-2H3,(H,27,28,31)/t16-,18-/m1/s1. The molecular formula is C25H32ClN3O4S. The van der Waals surface area contributed by atoms with Crippen LogP contribution in [0.4, 0.5) is 0 Å². The molecule has 1 aliphatic carbocycles. The van der Waals surface area contributed by atoms with E-state index in [-0.39, 0.29) is 12.2 Å². The molecule has 0 radical (unpaired) electrons. The van der Waals surface area contributed by atoms with E-state index in [9.17, 15) is 9.90 Å². The molecule has 0 fully saturated rings. The number of rotatable bonds is 11. The van der Waals surface area contributed by atoms with Gasteiger partial charge < -0.3 is 19.6 Å². The molecule has 2 N–H and O–H groups in total. The van der Waals surface area contributed by atoms with Gasteiger partial charge in [-0.05, 0) is 61.4 Å². The molecule has 184 valence electrons. The summed E-state index contributed by atoms with van der Waals surface area (Å²) in [7, 11) is 1.67. The average Bonchev–Trinajstić information content (AvgIpc) is 3.16. The number of halogens is 1. The van der Waals surface area contributed by atoms with E-state index in [0.29, 0.717) is 48.8 Å². The molecule has 0 unspecified atom stereocenters. The lowest BCUT2D eigenvalue weighted by molar-refractivity contribution is 0.0609. The number of aliphatic hydroxyl groups is 1. The molecular weight excluding hydrogens is 474 g/mol. The number of benzene rings is 1. The van der Waals surface area contributed by atoms with E-state index in [1.807, 2.05) is 0 Å². The molecule has 34 heavy (non-hydrogen) atoms. The predicted molar refractivity (Wildman–Crippen MR) is 136 cm³/mol. The fraction of sp³-hybridized carbons (Fsp3) is 0.520. The largest absolute Gasteiger partial charge is 0.491 e. The van der Waals surface area contributed by atoms with Crippen LogP contribution in [0.1, 0.15) is 36.0 Å². The maximum atomic E-state index is 13.0. The van der Waals surface area contributed by atoms with Gasteiger partial charge in [-0.3, -0.25) is 9.69 Å². The highest BCUT2D eigenvalue weighted by Crippen LogP contribution is 2.35. The molecule has 0 saturated carbocycles. The topological polar surface area (TPSA) is 87.7 Å². The number of H-pyrrole nitrogens is 1. The summed E-state index contributed by atoms with van der Waals surface area (Å²) >= 11 is 7.56. The molecule has 7 nitrogen and oxygen atoms in total. The number of hydrogen-bond donors (Lipinski definition) is 2. The number of nitrogens with zero attached hydrogens (tertiary/aromatic N) is 2. The van der Waals surface area contributed by atoms with Gasteiger partial charge in [0.2, 0.25) is 0 Å². The summed E-state index contributed by atoms with van der Waals surface area (Å²) < 4.78 is 10.9. The van der Waals surface area contributed by atoms with Crippen molar-refractivity contribution in [3.63, 3.8) is 0 Å². The minimum Gasteiger partial charge on any atom is -0.491 e. The summed E-state index contributed by atoms with van der Waals surface area (Å²) in [5.74, 6) is 1.92. The number of aromatic nitrogens is 2. The molecule has 0 amide bonds. The second-order valence-corrected chi connectivity index (χ2v) is 10.6. The van der Waals surface area contributed by atoms with Gasteiger partial charge in [-0.2, -0.15) is 0 Å². The number of methoxy groups -OCH3 is 1. The fourth-order valence-corrected chi connectivity index (χ4v) is 5.95. The highest BCUT2D eigenvalue weighted by Gasteiger charge is 2.23. The molecule has 3 aromatic rings. The Labute approximate surface area is 208 Å². The summed E-state index contributed by atoms with van der Waals surface area (Å²) in [5.41, 5.74) is 1.13. The first kappa shape index (κ1) is 25.1. The van der Waals surface area contributed by atoms with Crippen molar-refractivity contribution in [2.24, 2.45) is 5.92 Å². The molecule has 0 saturated heterocycles. The second-order valence-electron chi connectivity index (χ2n) is 9.04. The van der Waals surface area contributed by atoms with Crippen molar-refractivity contribution in [1.82, 2.24) is 14.9 Å². The zero-order valence-electron chi connectivity index (χ0n) is 19.7. The minimum absolute atomic E-state index is 0.0597. The zero-order chi connectivity index (χ0) is 24.1. The number of nitrogens with one attached hydrogen (secondary N) is 1. The second kappa shape index (κ2) is 11.6. The van der Waals surface area contributed by atoms with Gasteiger partial charge in [0.1, 0.15) is 29.1 Å². The first-order chi connectivity index (χ1) is 16.4. The van der Waals surface area contributed by atoms with Crippen LogP contribution in [0.15, 0.2) is 29.1 Å². The lowest BCUT2D eigenvalue weighted by Gasteiger charge is -2.24. The van der Waals surface area contributed by atoms with Crippen molar-refractivity contribution in [2.75, 3.05) is 33.4 Å². The van der Waals surface area contributed by atoms with Gasteiger partial charge >= 0.3 is 0 Å². The third-order valence-electron chi connectivity index (χ3n) is 6.14. The van der Waals surface area contributed by atoms with Gasteiger partial charge in [-0.1, -0.05) is 18.5 Å². The lowest BCUT2D eigenvalue weighted by Crippen LogP contribution is -2.37. The van der Waals surface area contributed by atoms with Crippen LogP contribution < -0.4 is 10.3 Å². The summed E-state index contributed by atoms with van der Waals surface area (Å²) in [6, 6.07) is 7.05. The van der Waals surface area contributed by atoms with Crippen molar-refractivity contribution in [3.8, 4) is 5.75 Å². The van der Waals surface area contributed by atoms with Crippen LogP contribution in [0.25, 0.3) is 10.2 Å². The molecule has 1 aliphatic rings. The summed E-state index contributed by atoms with van der Waals surface area (Å²) in [4.78, 5) is 25.0. The Morgan fingerprint density at radius 3 is 2.91 bits per heavy atom. The zero-order valence-corrected chi connectivity index (χ0v) is 21.3. The number of ether oxygens (including phenoxy) is 2. The third kappa shape index (κ3) is 6.37. The smallest absolute Gasteiger partial charge is 0.259 e. The molecule has 0 aliphatic heterocycles. The van der Waals surface area contributed by atoms with Gasteiger partial charge in [0.05, 0.1) is 11.9 Å². The van der Waals surface area contributed by atoms with E-state index in [0.717, 1.165) is 35.9 Å². The van der Waals surface area contributed by atoms with Crippen LogP contribution in [0, 0.1) is 5.92 Å². The Hall–Kier alpha value is -1.97. The molecule has 9 heteroatoms. The molecule has 0 spiro atoms. The number of aromatic amines is 1. The number of aliphatic hydroxyl groups excluding tert-OH is 1. The van der Waals surface area contributed by atoms with Crippen LogP contribution in [0.5, 0.6) is 5.75 Å². The first-order valence-electron chi connectivity index (χ1n) is 11.7. The van der Waals surface area contributed by atoms with E-state index < -0.39 is 6.10 Å². The molecule has 4 rings (SSSR count). The first-order valence-corrected chi connectivity index (χ1v) is 12.9. The van der Waals surface area contributed by atoms with Gasteiger partial charge in [0, 0.05) is 36.7 Å². The Morgan fingerprint density at radius 1 is 1.35 bits per heavy atom. The summed E-state index contributed by atoms with van der Waals surface area (Å²) in [6.45, 7) is 4.56. The van der Waals surface area contributed by atoms with E-state index in [2.05, 4.69) is 16.8 Å². The Kier molecular flexibility index (Phi) is 8.60. The number of thiophene rings is 1. The molecule has 1 aromatic carbocycles. The van der Waals surface area contributed by atoms with E-state index in [1.54, 1.807) is 42.7 Å². The maximum absolute atomic E-state index is 13.0. The predicted octanol–water partition coefficient (Wildman–Crippen LogP) is 4.04. The Bertz CT molecular complexity index is 1150. The number of hydrogen-bond acceptors (Lipinski definition) is 7. The van der Waals surface area contributed by atoms with Gasteiger partial charge in [0.25, 0.3) is 5.56 Å². The molecule has 2 atom stereocenters. The van der Waals surface area contributed by atoms with Crippen LogP contribution in [-0.4, -0.2) is 59.5 Å². The van der Waals surface area contributed by atoms with Crippen molar-refractivity contribution < 1.29 is 14.6 Å². The van der Waals surface area contributed by atoms with Gasteiger partial charge in [0.15, 0.2) is 0 Å². The van der Waals surface area contributed by atoms with Crippen molar-refractivity contribution in [1.29, 1.82) is 0 Å². The van der Waals surface area contributed by atoms with E-state index in [4.69, 9.17) is 26.1 Å². The normalized spacial score (nSPS) is 16.7. The molecule has 2 aromatic heterocycles. The maximum Gasteiger partial charge on any atom is 0.259 e. The van der Waals surface area contributed by atoms with Gasteiger partial charge in [-0.15, -0.1) is 11.3 Å². The van der Waals surface area contributed by atoms with Crippen molar-refractivity contribution >= 4 is 33.2 Å². The minimum atomic E-state index is -0.704. The average molecular weight is 506 g/mol. The van der Waals surface area contributed by atoms with E-state index >= 15 is 0 Å². The SMILES string of the molecule is COCCCN(Cc1nc2sc3c(c2c(=O)[nH]1)CC[C@@H](C)C3)C[C@@H](O)COc1ccc(Cl)cc1. The number of fused-ring (bicyclic) bond motifs is 3. The van der Waals surface area contributed by atoms with Crippen molar-refractivity contribution in [2.45, 2.75) is 45.3 Å². The third-order valence-corrected chi connectivity index (χ3v) is 7.54. The highest BCUT2D eigenvalue weighted by atomic mass is 35.5. The van der Waals surface area contributed by atoms with Crippen LogP contribution in [-0.2, 0) is 24.1 Å². The van der Waals surface area contributed by atoms with Gasteiger partial charge in [-0.25, -0.2) is 4.98 Å². The van der Waals surface area contributed by atoms with Crippen LogP contribution in [0.2, 0.25) is 5.02 Å². The Balaban J connectivity index is 1.45. The molecule has 0 bridgehead atoms. The summed E-state index contributed by atoms with van der Waals surface area (Å²) in [6.07, 6.45) is 3.18. The fourth-order valence-electron chi connectivity index (χ4n) is 4.42. The highest BCUT2D eigenvalue weighted by molar-refractivity contribution is 7.18. The monoisotopic (exact) mass is 505 g/mol. The summed E-state index contributed by atoms with van der Waals surface area (Å²) in [5, 5.41) is 12.0. The van der Waals surface area contributed by atoms with Crippen molar-refractivity contribution in [3.05, 3.63) is 55.9 Å². The Morgan fingerprint density at radius 2 is 2.15 bits per heavy atom. The van der Waals surface area contributed by atoms with E-state index in [1.165, 1.54) is 10.4 Å². The lowest BCUT2D eigenvalue weighted by atomic mass is 9.89. The van der Waals surface area contributed by atoms with Crippen LogP contribution >= 0.6 is 22.9 Å².